The van der Waals surface area contributed by atoms with Crippen LogP contribution in [0, 0.1) is 5.92 Å². The molecule has 1 aliphatic rings. The van der Waals surface area contributed by atoms with Crippen molar-refractivity contribution < 1.29 is 9.47 Å². The maximum absolute atomic E-state index is 5.72. The summed E-state index contributed by atoms with van der Waals surface area (Å²) in [6.45, 7) is 9.14. The molecular weight excluding hydrogens is 262 g/mol. The molecule has 118 valence electrons. The number of benzene rings is 1. The summed E-state index contributed by atoms with van der Waals surface area (Å²) in [6, 6.07) is 6.80. The van der Waals surface area contributed by atoms with Crippen molar-refractivity contribution in [2.24, 2.45) is 5.92 Å². The highest BCUT2D eigenvalue weighted by Gasteiger charge is 2.19. The minimum Gasteiger partial charge on any atom is -0.486 e. The standard InChI is InChI=1S/C18H29NO2/c1-4-9-19-16(12-14(5-2)6-3)15-7-8-17-18(13-15)21-11-10-20-17/h7-8,13-14,16,19H,4-6,9-12H2,1-3H3. The predicted octanol–water partition coefficient (Wildman–Crippen LogP) is 4.32. The van der Waals surface area contributed by atoms with Crippen LogP contribution in [-0.4, -0.2) is 19.8 Å². The number of fused-ring (bicyclic) bond motifs is 1. The van der Waals surface area contributed by atoms with E-state index in [0.29, 0.717) is 19.3 Å². The third-order valence-corrected chi connectivity index (χ3v) is 4.33. The third kappa shape index (κ3) is 4.37. The molecule has 3 nitrogen and oxygen atoms in total. The van der Waals surface area contributed by atoms with E-state index in [9.17, 15) is 0 Å². The van der Waals surface area contributed by atoms with Gasteiger partial charge < -0.3 is 14.8 Å². The molecule has 0 aliphatic carbocycles. The monoisotopic (exact) mass is 291 g/mol. The quantitative estimate of drug-likeness (QED) is 0.773. The Hall–Kier alpha value is -1.22. The molecule has 0 saturated heterocycles. The Morgan fingerprint density at radius 2 is 1.76 bits per heavy atom. The van der Waals surface area contributed by atoms with Gasteiger partial charge in [-0.2, -0.15) is 0 Å². The fourth-order valence-electron chi connectivity index (χ4n) is 2.89. The first-order valence-electron chi connectivity index (χ1n) is 8.41. The van der Waals surface area contributed by atoms with Crippen LogP contribution in [0.5, 0.6) is 11.5 Å². The van der Waals surface area contributed by atoms with E-state index in [-0.39, 0.29) is 0 Å². The molecule has 0 amide bonds. The normalized spacial score (nSPS) is 15.2. The van der Waals surface area contributed by atoms with E-state index in [1.54, 1.807) is 0 Å². The van der Waals surface area contributed by atoms with E-state index < -0.39 is 0 Å². The van der Waals surface area contributed by atoms with Crippen molar-refractivity contribution in [1.29, 1.82) is 0 Å². The largest absolute Gasteiger partial charge is 0.486 e. The first-order chi connectivity index (χ1) is 10.3. The fourth-order valence-corrected chi connectivity index (χ4v) is 2.89. The van der Waals surface area contributed by atoms with Crippen LogP contribution in [0.3, 0.4) is 0 Å². The van der Waals surface area contributed by atoms with Gasteiger partial charge in [0.05, 0.1) is 0 Å². The van der Waals surface area contributed by atoms with E-state index in [2.05, 4.69) is 44.3 Å². The number of nitrogens with one attached hydrogen (secondary N) is 1. The third-order valence-electron chi connectivity index (χ3n) is 4.33. The Morgan fingerprint density at radius 3 is 2.43 bits per heavy atom. The first kappa shape index (κ1) is 16.2. The number of rotatable bonds is 8. The Kier molecular flexibility index (Phi) is 6.37. The second-order valence-corrected chi connectivity index (χ2v) is 5.83. The highest BCUT2D eigenvalue weighted by molar-refractivity contribution is 5.44. The van der Waals surface area contributed by atoms with Crippen LogP contribution in [0.25, 0.3) is 0 Å². The van der Waals surface area contributed by atoms with Gasteiger partial charge in [0, 0.05) is 6.04 Å². The molecule has 21 heavy (non-hydrogen) atoms. The van der Waals surface area contributed by atoms with Crippen LogP contribution in [0.4, 0.5) is 0 Å². The van der Waals surface area contributed by atoms with Crippen LogP contribution in [-0.2, 0) is 0 Å². The molecule has 3 heteroatoms. The van der Waals surface area contributed by atoms with E-state index in [1.807, 2.05) is 0 Å². The van der Waals surface area contributed by atoms with Gasteiger partial charge in [0.2, 0.25) is 0 Å². The molecule has 2 rings (SSSR count). The van der Waals surface area contributed by atoms with Crippen molar-refractivity contribution in [1.82, 2.24) is 5.32 Å². The highest BCUT2D eigenvalue weighted by atomic mass is 16.6. The lowest BCUT2D eigenvalue weighted by atomic mass is 9.91. The molecular formula is C18H29NO2. The molecule has 1 aromatic carbocycles. The minimum atomic E-state index is 0.408. The summed E-state index contributed by atoms with van der Waals surface area (Å²) in [5, 5.41) is 3.70. The zero-order chi connectivity index (χ0) is 15.1. The van der Waals surface area contributed by atoms with Gasteiger partial charge in [-0.25, -0.2) is 0 Å². The molecule has 0 fully saturated rings. The highest BCUT2D eigenvalue weighted by Crippen LogP contribution is 2.34. The number of ether oxygens (including phenoxy) is 2. The Bertz CT molecular complexity index is 429. The van der Waals surface area contributed by atoms with Crippen molar-refractivity contribution in [2.45, 2.75) is 52.5 Å². The van der Waals surface area contributed by atoms with Crippen molar-refractivity contribution in [2.75, 3.05) is 19.8 Å². The summed E-state index contributed by atoms with van der Waals surface area (Å²) in [5.74, 6) is 2.54. The van der Waals surface area contributed by atoms with Gasteiger partial charge in [0.25, 0.3) is 0 Å². The van der Waals surface area contributed by atoms with Crippen LogP contribution >= 0.6 is 0 Å². The molecule has 1 N–H and O–H groups in total. The van der Waals surface area contributed by atoms with Crippen molar-refractivity contribution in [3.63, 3.8) is 0 Å². The van der Waals surface area contributed by atoms with Crippen molar-refractivity contribution in [3.05, 3.63) is 23.8 Å². The van der Waals surface area contributed by atoms with Gasteiger partial charge in [0.1, 0.15) is 13.2 Å². The molecule has 0 bridgehead atoms. The Balaban J connectivity index is 2.14. The summed E-state index contributed by atoms with van der Waals surface area (Å²) in [4.78, 5) is 0. The molecule has 1 heterocycles. The van der Waals surface area contributed by atoms with Gasteiger partial charge in [-0.05, 0) is 43.0 Å². The van der Waals surface area contributed by atoms with Crippen molar-refractivity contribution in [3.8, 4) is 11.5 Å². The molecule has 1 aromatic rings. The van der Waals surface area contributed by atoms with Crippen LogP contribution in [0.1, 0.15) is 58.1 Å². The van der Waals surface area contributed by atoms with Crippen LogP contribution in [0.2, 0.25) is 0 Å². The lowest BCUT2D eigenvalue weighted by Gasteiger charge is -2.25. The maximum atomic E-state index is 5.72. The zero-order valence-electron chi connectivity index (χ0n) is 13.7. The van der Waals surface area contributed by atoms with Gasteiger partial charge in [-0.1, -0.05) is 39.7 Å². The molecule has 1 atom stereocenters. The van der Waals surface area contributed by atoms with E-state index in [4.69, 9.17) is 9.47 Å². The maximum Gasteiger partial charge on any atom is 0.161 e. The zero-order valence-corrected chi connectivity index (χ0v) is 13.7. The van der Waals surface area contributed by atoms with E-state index >= 15 is 0 Å². The first-order valence-corrected chi connectivity index (χ1v) is 8.41. The minimum absolute atomic E-state index is 0.408. The topological polar surface area (TPSA) is 30.5 Å². The molecule has 0 aromatic heterocycles. The van der Waals surface area contributed by atoms with Gasteiger partial charge in [-0.15, -0.1) is 0 Å². The smallest absolute Gasteiger partial charge is 0.161 e. The lowest BCUT2D eigenvalue weighted by Crippen LogP contribution is -2.25. The predicted molar refractivity (Wildman–Crippen MR) is 87.2 cm³/mol. The van der Waals surface area contributed by atoms with Crippen LogP contribution in [0.15, 0.2) is 18.2 Å². The Morgan fingerprint density at radius 1 is 1.05 bits per heavy atom. The molecule has 0 radical (unpaired) electrons. The second-order valence-electron chi connectivity index (χ2n) is 5.83. The lowest BCUT2D eigenvalue weighted by molar-refractivity contribution is 0.171. The van der Waals surface area contributed by atoms with Gasteiger partial charge in [-0.3, -0.25) is 0 Å². The summed E-state index contributed by atoms with van der Waals surface area (Å²) >= 11 is 0. The second kappa shape index (κ2) is 8.28. The molecule has 0 saturated carbocycles. The average molecular weight is 291 g/mol. The fraction of sp³-hybridized carbons (Fsp3) is 0.667. The average Bonchev–Trinajstić information content (AvgIpc) is 2.55. The van der Waals surface area contributed by atoms with Gasteiger partial charge in [0.15, 0.2) is 11.5 Å². The van der Waals surface area contributed by atoms with Crippen LogP contribution < -0.4 is 14.8 Å². The van der Waals surface area contributed by atoms with Gasteiger partial charge >= 0.3 is 0 Å². The number of hydrogen-bond acceptors (Lipinski definition) is 3. The summed E-state index contributed by atoms with van der Waals surface area (Å²) in [5.41, 5.74) is 1.32. The number of hydrogen-bond donors (Lipinski definition) is 1. The summed E-state index contributed by atoms with van der Waals surface area (Å²) in [6.07, 6.45) is 4.83. The molecule has 0 spiro atoms. The SMILES string of the molecule is CCCNC(CC(CC)CC)c1ccc2c(c1)OCCO2. The summed E-state index contributed by atoms with van der Waals surface area (Å²) in [7, 11) is 0. The van der Waals surface area contributed by atoms with E-state index in [1.165, 1.54) is 24.8 Å². The van der Waals surface area contributed by atoms with E-state index in [0.717, 1.165) is 30.4 Å². The Labute approximate surface area is 129 Å². The van der Waals surface area contributed by atoms with Crippen molar-refractivity contribution >= 4 is 0 Å². The molecule has 1 unspecified atom stereocenters. The summed E-state index contributed by atoms with van der Waals surface area (Å²) < 4.78 is 11.3. The molecule has 1 aliphatic heterocycles.